The fraction of sp³-hybridized carbons (Fsp3) is 0.500. The first-order valence-corrected chi connectivity index (χ1v) is 7.98. The van der Waals surface area contributed by atoms with E-state index in [0.29, 0.717) is 25.8 Å². The van der Waals surface area contributed by atoms with Gasteiger partial charge in [-0.1, -0.05) is 6.92 Å². The molecule has 1 aliphatic heterocycles. The molecule has 1 aromatic carbocycles. The van der Waals surface area contributed by atoms with Gasteiger partial charge < -0.3 is 10.2 Å². The highest BCUT2D eigenvalue weighted by atomic mass is 19.1. The number of nitro groups is 1. The highest BCUT2D eigenvalue weighted by Crippen LogP contribution is 2.24. The van der Waals surface area contributed by atoms with E-state index in [0.717, 1.165) is 31.0 Å². The number of halogens is 1. The molecule has 1 heterocycles. The zero-order valence-electron chi connectivity index (χ0n) is 13.5. The number of nitro benzene ring substituents is 1. The van der Waals surface area contributed by atoms with E-state index in [1.165, 1.54) is 4.90 Å². The fourth-order valence-corrected chi connectivity index (χ4v) is 2.80. The molecule has 0 spiro atoms. The van der Waals surface area contributed by atoms with E-state index in [1.807, 2.05) is 6.92 Å². The number of non-ortho nitro benzene ring substituents is 1. The average Bonchev–Trinajstić information content (AvgIpc) is 2.56. The summed E-state index contributed by atoms with van der Waals surface area (Å²) in [5, 5.41) is 13.2. The van der Waals surface area contributed by atoms with E-state index in [4.69, 9.17) is 0 Å². The van der Waals surface area contributed by atoms with E-state index >= 15 is 0 Å². The number of nitrogens with zero attached hydrogens (tertiary/aromatic N) is 2. The standard InChI is InChI=1S/C16H20FN3O4/c1-2-5-15(21)19-9-4-3-6-14(19)16(22)18-13-10-11(20(23)24)7-8-12(13)17/h7-8,10,14H,2-6,9H2,1H3,(H,18,22). The molecule has 0 radical (unpaired) electrons. The van der Waals surface area contributed by atoms with Crippen molar-refractivity contribution in [2.45, 2.75) is 45.1 Å². The summed E-state index contributed by atoms with van der Waals surface area (Å²) >= 11 is 0. The third kappa shape index (κ3) is 4.06. The first-order chi connectivity index (χ1) is 11.4. The van der Waals surface area contributed by atoms with Crippen molar-refractivity contribution in [3.63, 3.8) is 0 Å². The first kappa shape index (κ1) is 17.8. The quantitative estimate of drug-likeness (QED) is 0.660. The van der Waals surface area contributed by atoms with Crippen molar-refractivity contribution in [1.29, 1.82) is 0 Å². The van der Waals surface area contributed by atoms with Crippen LogP contribution in [0.2, 0.25) is 0 Å². The minimum Gasteiger partial charge on any atom is -0.331 e. The Labute approximate surface area is 139 Å². The van der Waals surface area contributed by atoms with Gasteiger partial charge in [-0.3, -0.25) is 19.7 Å². The first-order valence-electron chi connectivity index (χ1n) is 7.98. The zero-order chi connectivity index (χ0) is 17.7. The number of nitrogens with one attached hydrogen (secondary N) is 1. The van der Waals surface area contributed by atoms with E-state index in [1.54, 1.807) is 0 Å². The molecule has 1 saturated heterocycles. The maximum atomic E-state index is 13.8. The third-order valence-corrected chi connectivity index (χ3v) is 4.01. The number of benzene rings is 1. The van der Waals surface area contributed by atoms with Crippen molar-refractivity contribution in [3.8, 4) is 0 Å². The van der Waals surface area contributed by atoms with Gasteiger partial charge in [-0.25, -0.2) is 4.39 Å². The third-order valence-electron chi connectivity index (χ3n) is 4.01. The van der Waals surface area contributed by atoms with Crippen molar-refractivity contribution in [2.24, 2.45) is 0 Å². The molecular weight excluding hydrogens is 317 g/mol. The van der Waals surface area contributed by atoms with Crippen LogP contribution in [0.5, 0.6) is 0 Å². The van der Waals surface area contributed by atoms with Gasteiger partial charge >= 0.3 is 0 Å². The van der Waals surface area contributed by atoms with Gasteiger partial charge in [-0.15, -0.1) is 0 Å². The molecule has 0 bridgehead atoms. The molecule has 2 amide bonds. The Hall–Kier alpha value is -2.51. The molecule has 0 saturated carbocycles. The van der Waals surface area contributed by atoms with Gasteiger partial charge in [0.25, 0.3) is 5.69 Å². The lowest BCUT2D eigenvalue weighted by Crippen LogP contribution is -2.50. The van der Waals surface area contributed by atoms with Crippen LogP contribution < -0.4 is 5.32 Å². The number of likely N-dealkylation sites (tertiary alicyclic amines) is 1. The predicted octanol–water partition coefficient (Wildman–Crippen LogP) is 2.85. The van der Waals surface area contributed by atoms with Gasteiger partial charge in [0.2, 0.25) is 11.8 Å². The van der Waals surface area contributed by atoms with E-state index in [2.05, 4.69) is 5.32 Å². The molecule has 1 fully saturated rings. The molecule has 1 unspecified atom stereocenters. The number of rotatable bonds is 5. The van der Waals surface area contributed by atoms with Crippen LogP contribution >= 0.6 is 0 Å². The fourth-order valence-electron chi connectivity index (χ4n) is 2.80. The average molecular weight is 337 g/mol. The van der Waals surface area contributed by atoms with Crippen LogP contribution in [0.1, 0.15) is 39.0 Å². The molecule has 1 atom stereocenters. The number of amides is 2. The van der Waals surface area contributed by atoms with Crippen molar-refractivity contribution >= 4 is 23.2 Å². The summed E-state index contributed by atoms with van der Waals surface area (Å²) in [4.78, 5) is 36.3. The molecule has 8 heteroatoms. The van der Waals surface area contributed by atoms with Gasteiger partial charge in [0.05, 0.1) is 10.6 Å². The number of hydrogen-bond acceptors (Lipinski definition) is 4. The smallest absolute Gasteiger partial charge is 0.271 e. The van der Waals surface area contributed by atoms with Crippen LogP contribution in [-0.4, -0.2) is 34.2 Å². The molecule has 1 N–H and O–H groups in total. The summed E-state index contributed by atoms with van der Waals surface area (Å²) in [6.45, 7) is 2.38. The molecule has 24 heavy (non-hydrogen) atoms. The number of carbonyl (C=O) groups is 2. The topological polar surface area (TPSA) is 92.6 Å². The van der Waals surface area contributed by atoms with Gasteiger partial charge in [0, 0.05) is 25.1 Å². The summed E-state index contributed by atoms with van der Waals surface area (Å²) in [7, 11) is 0. The van der Waals surface area contributed by atoms with E-state index in [-0.39, 0.29) is 17.3 Å². The second kappa shape index (κ2) is 7.85. The molecule has 0 aromatic heterocycles. The number of anilines is 1. The Balaban J connectivity index is 2.16. The minimum atomic E-state index is -0.754. The Morgan fingerprint density at radius 1 is 1.42 bits per heavy atom. The van der Waals surface area contributed by atoms with Gasteiger partial charge in [-0.05, 0) is 31.7 Å². The lowest BCUT2D eigenvalue weighted by molar-refractivity contribution is -0.384. The monoisotopic (exact) mass is 337 g/mol. The Kier molecular flexibility index (Phi) is 5.83. The number of hydrogen-bond donors (Lipinski definition) is 1. The highest BCUT2D eigenvalue weighted by molar-refractivity contribution is 5.97. The van der Waals surface area contributed by atoms with Crippen LogP contribution in [0.25, 0.3) is 0 Å². The SMILES string of the molecule is CCCC(=O)N1CCCCC1C(=O)Nc1cc([N+](=O)[O-])ccc1F. The maximum absolute atomic E-state index is 13.8. The normalized spacial score (nSPS) is 17.4. The molecule has 130 valence electrons. The second-order valence-electron chi connectivity index (χ2n) is 5.76. The molecular formula is C16H20FN3O4. The van der Waals surface area contributed by atoms with E-state index in [9.17, 15) is 24.1 Å². The lowest BCUT2D eigenvalue weighted by Gasteiger charge is -2.34. The molecule has 1 aromatic rings. The largest absolute Gasteiger partial charge is 0.331 e. The summed E-state index contributed by atoms with van der Waals surface area (Å²) in [6, 6.07) is 2.28. The van der Waals surface area contributed by atoms with Crippen molar-refractivity contribution in [1.82, 2.24) is 4.90 Å². The maximum Gasteiger partial charge on any atom is 0.271 e. The molecule has 0 aliphatic carbocycles. The minimum absolute atomic E-state index is 0.100. The number of carbonyl (C=O) groups excluding carboxylic acids is 2. The molecule has 1 aliphatic rings. The number of piperidine rings is 1. The highest BCUT2D eigenvalue weighted by Gasteiger charge is 2.32. The van der Waals surface area contributed by atoms with E-state index < -0.39 is 22.7 Å². The molecule has 7 nitrogen and oxygen atoms in total. The summed E-state index contributed by atoms with van der Waals surface area (Å²) in [5.41, 5.74) is -0.558. The van der Waals surface area contributed by atoms with Gasteiger partial charge in [0.1, 0.15) is 11.9 Å². The van der Waals surface area contributed by atoms with Crippen molar-refractivity contribution in [2.75, 3.05) is 11.9 Å². The summed E-state index contributed by atoms with van der Waals surface area (Å²) in [5.74, 6) is -1.37. The Morgan fingerprint density at radius 2 is 2.17 bits per heavy atom. The van der Waals surface area contributed by atoms with Crippen LogP contribution in [-0.2, 0) is 9.59 Å². The van der Waals surface area contributed by atoms with Crippen LogP contribution in [0.4, 0.5) is 15.8 Å². The zero-order valence-corrected chi connectivity index (χ0v) is 13.5. The Bertz CT molecular complexity index is 650. The van der Waals surface area contributed by atoms with Crippen LogP contribution in [0.3, 0.4) is 0 Å². The Morgan fingerprint density at radius 3 is 2.83 bits per heavy atom. The second-order valence-corrected chi connectivity index (χ2v) is 5.76. The van der Waals surface area contributed by atoms with Gasteiger partial charge in [0.15, 0.2) is 0 Å². The summed E-state index contributed by atoms with van der Waals surface area (Å²) in [6.07, 6.45) is 3.16. The predicted molar refractivity (Wildman–Crippen MR) is 85.9 cm³/mol. The van der Waals surface area contributed by atoms with Crippen molar-refractivity contribution in [3.05, 3.63) is 34.1 Å². The lowest BCUT2D eigenvalue weighted by atomic mass is 10.0. The van der Waals surface area contributed by atoms with Crippen LogP contribution in [0.15, 0.2) is 18.2 Å². The van der Waals surface area contributed by atoms with Crippen molar-refractivity contribution < 1.29 is 18.9 Å². The van der Waals surface area contributed by atoms with Crippen LogP contribution in [0, 0.1) is 15.9 Å². The molecule has 2 rings (SSSR count). The van der Waals surface area contributed by atoms with Gasteiger partial charge in [-0.2, -0.15) is 0 Å². The summed E-state index contributed by atoms with van der Waals surface area (Å²) < 4.78 is 13.8.